The molecule has 84 valence electrons. The molecule has 1 aromatic carbocycles. The number of hydrogen-bond acceptors (Lipinski definition) is 1. The number of aromatic carboxylic acids is 1. The lowest BCUT2D eigenvalue weighted by Crippen LogP contribution is -2.02. The smallest absolute Gasteiger partial charge is 0.335 e. The van der Waals surface area contributed by atoms with Gasteiger partial charge in [-0.3, -0.25) is 0 Å². The molecule has 0 heterocycles. The number of benzene rings is 1. The van der Waals surface area contributed by atoms with E-state index in [1.165, 1.54) is 0 Å². The standard InChI is InChI=1S/C11H14O2.C2H6/c1-4-9-5-7(2)8(3)10(6-9)11(12)13;1-2/h5-6H,4H2,1-3H3,(H,12,13);1-2H3. The maximum Gasteiger partial charge on any atom is 0.335 e. The third-order valence-electron chi connectivity index (χ3n) is 2.37. The molecule has 0 saturated carbocycles. The fourth-order valence-electron chi connectivity index (χ4n) is 1.36. The van der Waals surface area contributed by atoms with Gasteiger partial charge in [0.05, 0.1) is 5.56 Å². The predicted octanol–water partition coefficient (Wildman–Crippen LogP) is 3.59. The van der Waals surface area contributed by atoms with Crippen LogP contribution >= 0.6 is 0 Å². The third kappa shape index (κ3) is 3.39. The number of carboxylic acids is 1. The quantitative estimate of drug-likeness (QED) is 0.806. The summed E-state index contributed by atoms with van der Waals surface area (Å²) in [6.07, 6.45) is 0.876. The Hall–Kier alpha value is -1.31. The minimum atomic E-state index is -0.837. The Bertz CT molecular complexity index is 341. The highest BCUT2D eigenvalue weighted by Gasteiger charge is 2.09. The topological polar surface area (TPSA) is 37.3 Å². The van der Waals surface area contributed by atoms with Crippen LogP contribution in [0.4, 0.5) is 0 Å². The SMILES string of the molecule is CC.CCc1cc(C)c(C)c(C(=O)O)c1. The number of hydrogen-bond donors (Lipinski definition) is 1. The molecule has 0 aliphatic rings. The lowest BCUT2D eigenvalue weighted by Gasteiger charge is -2.07. The fourth-order valence-corrected chi connectivity index (χ4v) is 1.36. The minimum absolute atomic E-state index is 0.428. The van der Waals surface area contributed by atoms with Gasteiger partial charge in [0, 0.05) is 0 Å². The van der Waals surface area contributed by atoms with Crippen LogP contribution in [-0.2, 0) is 6.42 Å². The molecular weight excluding hydrogens is 188 g/mol. The first kappa shape index (κ1) is 13.7. The van der Waals surface area contributed by atoms with Crippen LogP contribution in [0.5, 0.6) is 0 Å². The summed E-state index contributed by atoms with van der Waals surface area (Å²) in [5, 5.41) is 8.91. The van der Waals surface area contributed by atoms with Crippen molar-refractivity contribution in [1.29, 1.82) is 0 Å². The van der Waals surface area contributed by atoms with Crippen molar-refractivity contribution >= 4 is 5.97 Å². The zero-order valence-electron chi connectivity index (χ0n) is 10.2. The summed E-state index contributed by atoms with van der Waals surface area (Å²) >= 11 is 0. The second-order valence-electron chi connectivity index (χ2n) is 3.24. The van der Waals surface area contributed by atoms with Crippen LogP contribution < -0.4 is 0 Å². The Morgan fingerprint density at radius 2 is 1.80 bits per heavy atom. The highest BCUT2D eigenvalue weighted by molar-refractivity contribution is 5.90. The molecule has 1 aromatic rings. The summed E-state index contributed by atoms with van der Waals surface area (Å²) in [5.74, 6) is -0.837. The molecule has 0 unspecified atom stereocenters. The number of carboxylic acid groups (broad SMARTS) is 1. The number of carbonyl (C=O) groups is 1. The van der Waals surface area contributed by atoms with Crippen molar-refractivity contribution in [2.45, 2.75) is 41.0 Å². The Kier molecular flexibility index (Phi) is 5.68. The first-order valence-electron chi connectivity index (χ1n) is 5.39. The van der Waals surface area contributed by atoms with Crippen LogP contribution in [0, 0.1) is 13.8 Å². The van der Waals surface area contributed by atoms with E-state index in [2.05, 4.69) is 0 Å². The maximum absolute atomic E-state index is 10.8. The molecule has 0 amide bonds. The molecule has 15 heavy (non-hydrogen) atoms. The predicted molar refractivity (Wildman–Crippen MR) is 63.6 cm³/mol. The van der Waals surface area contributed by atoms with Gasteiger partial charge in [0.15, 0.2) is 0 Å². The van der Waals surface area contributed by atoms with E-state index in [0.29, 0.717) is 5.56 Å². The van der Waals surface area contributed by atoms with Crippen LogP contribution in [0.25, 0.3) is 0 Å². The monoisotopic (exact) mass is 208 g/mol. The van der Waals surface area contributed by atoms with Crippen molar-refractivity contribution in [2.75, 3.05) is 0 Å². The molecule has 0 aliphatic heterocycles. The summed E-state index contributed by atoms with van der Waals surface area (Å²) in [5.41, 5.74) is 3.43. The molecule has 1 rings (SSSR count). The molecule has 0 aliphatic carbocycles. The summed E-state index contributed by atoms with van der Waals surface area (Å²) in [6, 6.07) is 3.80. The van der Waals surface area contributed by atoms with Crippen molar-refractivity contribution in [1.82, 2.24) is 0 Å². The number of aryl methyl sites for hydroxylation is 2. The second-order valence-corrected chi connectivity index (χ2v) is 3.24. The van der Waals surface area contributed by atoms with Gasteiger partial charge >= 0.3 is 5.97 Å². The highest BCUT2D eigenvalue weighted by atomic mass is 16.4. The molecule has 0 saturated heterocycles. The second kappa shape index (κ2) is 6.23. The van der Waals surface area contributed by atoms with Gasteiger partial charge in [0.1, 0.15) is 0 Å². The van der Waals surface area contributed by atoms with Crippen LogP contribution in [0.1, 0.15) is 47.8 Å². The molecule has 2 nitrogen and oxygen atoms in total. The van der Waals surface area contributed by atoms with Gasteiger partial charge in [-0.2, -0.15) is 0 Å². The fraction of sp³-hybridized carbons (Fsp3) is 0.462. The molecule has 0 radical (unpaired) electrons. The lowest BCUT2D eigenvalue weighted by atomic mass is 9.98. The van der Waals surface area contributed by atoms with Crippen molar-refractivity contribution in [3.63, 3.8) is 0 Å². The number of rotatable bonds is 2. The summed E-state index contributed by atoms with van der Waals surface area (Å²) in [4.78, 5) is 10.8. The van der Waals surface area contributed by atoms with Gasteiger partial charge < -0.3 is 5.11 Å². The average molecular weight is 208 g/mol. The molecular formula is C13H20O2. The molecule has 0 bridgehead atoms. The van der Waals surface area contributed by atoms with E-state index >= 15 is 0 Å². The maximum atomic E-state index is 10.8. The summed E-state index contributed by atoms with van der Waals surface area (Å²) < 4.78 is 0. The Balaban J connectivity index is 0.000000921. The van der Waals surface area contributed by atoms with Gasteiger partial charge in [0.2, 0.25) is 0 Å². The molecule has 2 heteroatoms. The molecule has 0 spiro atoms. The van der Waals surface area contributed by atoms with E-state index < -0.39 is 5.97 Å². The van der Waals surface area contributed by atoms with E-state index in [9.17, 15) is 4.79 Å². The summed E-state index contributed by atoms with van der Waals surface area (Å²) in [6.45, 7) is 9.81. The highest BCUT2D eigenvalue weighted by Crippen LogP contribution is 2.16. The van der Waals surface area contributed by atoms with Gasteiger partial charge in [-0.15, -0.1) is 0 Å². The van der Waals surface area contributed by atoms with Crippen LogP contribution in [0.3, 0.4) is 0 Å². The zero-order chi connectivity index (χ0) is 12.0. The van der Waals surface area contributed by atoms with Gasteiger partial charge in [-0.05, 0) is 43.0 Å². The molecule has 1 N–H and O–H groups in total. The normalized spacial score (nSPS) is 9.13. The van der Waals surface area contributed by atoms with Gasteiger partial charge in [-0.1, -0.05) is 26.8 Å². The zero-order valence-corrected chi connectivity index (χ0v) is 10.2. The van der Waals surface area contributed by atoms with Crippen molar-refractivity contribution in [2.24, 2.45) is 0 Å². The van der Waals surface area contributed by atoms with E-state index in [1.54, 1.807) is 6.07 Å². The van der Waals surface area contributed by atoms with Crippen molar-refractivity contribution in [3.05, 3.63) is 34.4 Å². The Labute approximate surface area is 91.9 Å². The first-order chi connectivity index (χ1) is 7.06. The Morgan fingerprint density at radius 3 is 2.20 bits per heavy atom. The van der Waals surface area contributed by atoms with E-state index in [4.69, 9.17) is 5.11 Å². The van der Waals surface area contributed by atoms with Crippen LogP contribution in [0.15, 0.2) is 12.1 Å². The lowest BCUT2D eigenvalue weighted by molar-refractivity contribution is 0.0696. The van der Waals surface area contributed by atoms with E-state index in [1.807, 2.05) is 40.7 Å². The average Bonchev–Trinajstić information content (AvgIpc) is 2.24. The van der Waals surface area contributed by atoms with Gasteiger partial charge in [0.25, 0.3) is 0 Å². The summed E-state index contributed by atoms with van der Waals surface area (Å²) in [7, 11) is 0. The Morgan fingerprint density at radius 1 is 1.27 bits per heavy atom. The van der Waals surface area contributed by atoms with E-state index in [0.717, 1.165) is 23.1 Å². The first-order valence-corrected chi connectivity index (χ1v) is 5.39. The van der Waals surface area contributed by atoms with Gasteiger partial charge in [-0.25, -0.2) is 4.79 Å². The van der Waals surface area contributed by atoms with E-state index in [-0.39, 0.29) is 0 Å². The van der Waals surface area contributed by atoms with Crippen molar-refractivity contribution in [3.8, 4) is 0 Å². The minimum Gasteiger partial charge on any atom is -0.478 e. The van der Waals surface area contributed by atoms with Crippen LogP contribution in [0.2, 0.25) is 0 Å². The van der Waals surface area contributed by atoms with Crippen molar-refractivity contribution < 1.29 is 9.90 Å². The third-order valence-corrected chi connectivity index (χ3v) is 2.37. The molecule has 0 atom stereocenters. The largest absolute Gasteiger partial charge is 0.478 e. The molecule has 0 fully saturated rings. The molecule has 0 aromatic heterocycles. The van der Waals surface area contributed by atoms with Crippen LogP contribution in [-0.4, -0.2) is 11.1 Å².